The largest absolute Gasteiger partial charge is 0.320 e. The number of alkyl halides is 1. The number of nitrogens with one attached hydrogen (secondary N) is 1. The number of amides is 2. The second kappa shape index (κ2) is 6.57. The van der Waals surface area contributed by atoms with Crippen LogP contribution in [-0.2, 0) is 4.79 Å². The van der Waals surface area contributed by atoms with E-state index in [0.29, 0.717) is 17.2 Å². The molecule has 128 valence electrons. The predicted molar refractivity (Wildman–Crippen MR) is 99.7 cm³/mol. The van der Waals surface area contributed by atoms with Crippen LogP contribution >= 0.6 is 11.6 Å². The molecule has 1 aromatic heterocycles. The van der Waals surface area contributed by atoms with Crippen LogP contribution in [0.3, 0.4) is 0 Å². The van der Waals surface area contributed by atoms with Crippen LogP contribution < -0.4 is 10.2 Å². The maximum absolute atomic E-state index is 12.6. The van der Waals surface area contributed by atoms with Crippen LogP contribution in [0.5, 0.6) is 0 Å². The van der Waals surface area contributed by atoms with E-state index in [4.69, 9.17) is 11.6 Å². The molecule has 0 atom stereocenters. The summed E-state index contributed by atoms with van der Waals surface area (Å²) < 4.78 is 0. The molecule has 0 fully saturated rings. The molecule has 0 saturated heterocycles. The van der Waals surface area contributed by atoms with E-state index in [1.165, 1.54) is 11.1 Å². The number of para-hydroxylation sites is 2. The highest BCUT2D eigenvalue weighted by atomic mass is 35.5. The normalized spacial score (nSPS) is 12.7. The van der Waals surface area contributed by atoms with Crippen molar-refractivity contribution < 1.29 is 9.59 Å². The van der Waals surface area contributed by atoms with Crippen molar-refractivity contribution in [1.29, 1.82) is 0 Å². The van der Waals surface area contributed by atoms with Gasteiger partial charge in [-0.1, -0.05) is 42.5 Å². The topological polar surface area (TPSA) is 75.2 Å². The lowest BCUT2D eigenvalue weighted by Crippen LogP contribution is -2.28. The molecule has 0 saturated carbocycles. The number of carbonyl (C=O) groups is 2. The first kappa shape index (κ1) is 16.2. The van der Waals surface area contributed by atoms with E-state index in [1.54, 1.807) is 24.3 Å². The number of hydrogen-bond acceptors (Lipinski definition) is 4. The summed E-state index contributed by atoms with van der Waals surface area (Å²) in [4.78, 5) is 35.4. The minimum absolute atomic E-state index is 0.208. The van der Waals surface area contributed by atoms with Crippen molar-refractivity contribution in [1.82, 2.24) is 9.97 Å². The van der Waals surface area contributed by atoms with Crippen molar-refractivity contribution in [3.63, 3.8) is 0 Å². The van der Waals surface area contributed by atoms with E-state index in [0.717, 1.165) is 5.56 Å². The summed E-state index contributed by atoms with van der Waals surface area (Å²) in [5.74, 6) is -0.366. The third-order valence-corrected chi connectivity index (χ3v) is 4.24. The fourth-order valence-corrected chi connectivity index (χ4v) is 2.94. The first-order valence-electron chi connectivity index (χ1n) is 7.91. The van der Waals surface area contributed by atoms with Gasteiger partial charge in [0.1, 0.15) is 11.4 Å². The average Bonchev–Trinajstić information content (AvgIpc) is 2.81. The Balaban J connectivity index is 1.96. The Morgan fingerprint density at radius 1 is 1.08 bits per heavy atom. The second-order valence-corrected chi connectivity index (χ2v) is 5.90. The van der Waals surface area contributed by atoms with E-state index in [2.05, 4.69) is 15.3 Å². The number of nitrogens with zero attached hydrogens (tertiary/aromatic N) is 3. The zero-order valence-corrected chi connectivity index (χ0v) is 14.3. The number of anilines is 3. The Morgan fingerprint density at radius 2 is 1.81 bits per heavy atom. The highest BCUT2D eigenvalue weighted by molar-refractivity contribution is 6.31. The zero-order valence-electron chi connectivity index (χ0n) is 13.5. The predicted octanol–water partition coefficient (Wildman–Crippen LogP) is 3.61. The van der Waals surface area contributed by atoms with Crippen LogP contribution in [0.15, 0.2) is 60.8 Å². The first-order chi connectivity index (χ1) is 12.7. The summed E-state index contributed by atoms with van der Waals surface area (Å²) in [7, 11) is 0. The summed E-state index contributed by atoms with van der Waals surface area (Å²) in [5.41, 5.74) is 2.02. The lowest BCUT2D eigenvalue weighted by molar-refractivity contribution is -0.115. The van der Waals surface area contributed by atoms with Crippen LogP contribution in [0, 0.1) is 0 Å². The Morgan fingerprint density at radius 3 is 2.58 bits per heavy atom. The monoisotopic (exact) mass is 364 g/mol. The van der Waals surface area contributed by atoms with Gasteiger partial charge in [0.2, 0.25) is 5.91 Å². The van der Waals surface area contributed by atoms with Crippen LogP contribution in [-0.4, -0.2) is 27.7 Å². The van der Waals surface area contributed by atoms with Gasteiger partial charge in [-0.2, -0.15) is 0 Å². The molecule has 2 aromatic carbocycles. The number of hydrogen-bond donors (Lipinski definition) is 1. The number of rotatable bonds is 2. The zero-order chi connectivity index (χ0) is 18.1. The van der Waals surface area contributed by atoms with E-state index >= 15 is 0 Å². The Bertz CT molecular complexity index is 1010. The number of halogens is 1. The van der Waals surface area contributed by atoms with Gasteiger partial charge in [-0.15, -0.1) is 11.6 Å². The molecular weight excluding hydrogens is 352 g/mol. The fraction of sp³-hybridized carbons (Fsp3) is 0.0526. The summed E-state index contributed by atoms with van der Waals surface area (Å²) in [6.07, 6.45) is 1.43. The molecule has 3 aromatic rings. The van der Waals surface area contributed by atoms with Crippen LogP contribution in [0.1, 0.15) is 10.4 Å². The molecule has 2 amide bonds. The minimum atomic E-state index is -0.380. The quantitative estimate of drug-likeness (QED) is 0.705. The molecular formula is C19H13ClN4O2. The molecule has 0 spiro atoms. The van der Waals surface area contributed by atoms with Gasteiger partial charge in [-0.25, -0.2) is 9.97 Å². The highest BCUT2D eigenvalue weighted by Crippen LogP contribution is 2.37. The summed E-state index contributed by atoms with van der Waals surface area (Å²) in [6, 6.07) is 16.4. The third-order valence-electron chi connectivity index (χ3n) is 4.01. The molecule has 6 nitrogen and oxygen atoms in total. The Hall–Kier alpha value is -3.25. The average molecular weight is 365 g/mol. The SMILES string of the molecule is O=C1Nc2ccccc2N(C(=O)CCl)c2nc(-c3ccccc3)ncc21. The lowest BCUT2D eigenvalue weighted by atomic mass is 10.2. The lowest BCUT2D eigenvalue weighted by Gasteiger charge is -2.22. The van der Waals surface area contributed by atoms with Crippen molar-refractivity contribution in [3.8, 4) is 11.4 Å². The van der Waals surface area contributed by atoms with Crippen molar-refractivity contribution in [2.24, 2.45) is 0 Å². The second-order valence-electron chi connectivity index (χ2n) is 5.63. The molecule has 1 aliphatic rings. The Kier molecular flexibility index (Phi) is 4.10. The van der Waals surface area contributed by atoms with E-state index < -0.39 is 0 Å². The maximum atomic E-state index is 12.6. The number of benzene rings is 2. The summed E-state index contributed by atoms with van der Waals surface area (Å²) in [5, 5.41) is 2.79. The third kappa shape index (κ3) is 2.70. The number of carbonyl (C=O) groups excluding carboxylic acids is 2. The van der Waals surface area contributed by atoms with Gasteiger partial charge in [0.05, 0.1) is 11.4 Å². The van der Waals surface area contributed by atoms with E-state index in [-0.39, 0.29) is 29.1 Å². The van der Waals surface area contributed by atoms with E-state index in [9.17, 15) is 9.59 Å². The first-order valence-corrected chi connectivity index (χ1v) is 8.44. The van der Waals surface area contributed by atoms with Gasteiger partial charge in [0.15, 0.2) is 11.6 Å². The van der Waals surface area contributed by atoms with Crippen molar-refractivity contribution in [3.05, 3.63) is 66.4 Å². The Labute approximate surface area is 154 Å². The number of fused-ring (bicyclic) bond motifs is 2. The summed E-state index contributed by atoms with van der Waals surface area (Å²) in [6.45, 7) is 0. The molecule has 0 bridgehead atoms. The molecule has 7 heteroatoms. The fourth-order valence-electron chi connectivity index (χ4n) is 2.82. The van der Waals surface area contributed by atoms with E-state index in [1.807, 2.05) is 30.3 Å². The van der Waals surface area contributed by atoms with Gasteiger partial charge in [0, 0.05) is 11.8 Å². The van der Waals surface area contributed by atoms with Gasteiger partial charge in [-0.3, -0.25) is 14.5 Å². The van der Waals surface area contributed by atoms with Crippen LogP contribution in [0.4, 0.5) is 17.2 Å². The van der Waals surface area contributed by atoms with Gasteiger partial charge in [-0.05, 0) is 12.1 Å². The number of aromatic nitrogens is 2. The molecule has 1 N–H and O–H groups in total. The minimum Gasteiger partial charge on any atom is -0.320 e. The highest BCUT2D eigenvalue weighted by Gasteiger charge is 2.31. The molecule has 4 rings (SSSR count). The summed E-state index contributed by atoms with van der Waals surface area (Å²) >= 11 is 5.82. The smallest absolute Gasteiger partial charge is 0.261 e. The molecule has 0 aliphatic carbocycles. The molecule has 2 heterocycles. The molecule has 26 heavy (non-hydrogen) atoms. The van der Waals surface area contributed by atoms with Crippen LogP contribution in [0.25, 0.3) is 11.4 Å². The van der Waals surface area contributed by atoms with Crippen molar-refractivity contribution >= 4 is 40.6 Å². The molecule has 0 radical (unpaired) electrons. The van der Waals surface area contributed by atoms with Gasteiger partial charge in [0.25, 0.3) is 5.91 Å². The molecule has 1 aliphatic heterocycles. The standard InChI is InChI=1S/C19H13ClN4O2/c20-10-16(25)24-15-9-5-4-8-14(15)22-19(26)13-11-21-17(23-18(13)24)12-6-2-1-3-7-12/h1-9,11H,10H2,(H,22,26). The van der Waals surface area contributed by atoms with Crippen molar-refractivity contribution in [2.75, 3.05) is 16.1 Å². The van der Waals surface area contributed by atoms with Gasteiger partial charge < -0.3 is 5.32 Å². The maximum Gasteiger partial charge on any atom is 0.261 e. The van der Waals surface area contributed by atoms with Crippen molar-refractivity contribution in [2.45, 2.75) is 0 Å². The van der Waals surface area contributed by atoms with Gasteiger partial charge >= 0.3 is 0 Å². The molecule has 0 unspecified atom stereocenters. The van der Waals surface area contributed by atoms with Crippen LogP contribution in [0.2, 0.25) is 0 Å².